The topological polar surface area (TPSA) is 50.7 Å². The van der Waals surface area contributed by atoms with Crippen LogP contribution in [-0.2, 0) is 7.05 Å². The molecule has 0 spiro atoms. The summed E-state index contributed by atoms with van der Waals surface area (Å²) < 4.78 is 1.69. The van der Waals surface area contributed by atoms with Gasteiger partial charge in [-0.05, 0) is 31.2 Å². The zero-order valence-electron chi connectivity index (χ0n) is 9.27. The van der Waals surface area contributed by atoms with E-state index in [2.05, 4.69) is 10.1 Å². The summed E-state index contributed by atoms with van der Waals surface area (Å²) in [7, 11) is 1.82. The first-order valence-electron chi connectivity index (χ1n) is 5.03. The van der Waals surface area contributed by atoms with Gasteiger partial charge in [-0.1, -0.05) is 0 Å². The molecule has 2 aromatic heterocycles. The Bertz CT molecular complexity index is 520. The van der Waals surface area contributed by atoms with Gasteiger partial charge in [-0.3, -0.25) is 9.48 Å². The van der Waals surface area contributed by atoms with Crippen LogP contribution < -0.4 is 0 Å². The van der Waals surface area contributed by atoms with E-state index in [1.807, 2.05) is 32.3 Å². The Morgan fingerprint density at radius 3 is 2.94 bits per heavy atom. The van der Waals surface area contributed by atoms with Gasteiger partial charge in [0.05, 0.1) is 11.8 Å². The maximum Gasteiger partial charge on any atom is 0.189 e. The van der Waals surface area contributed by atoms with Crippen molar-refractivity contribution < 1.29 is 4.79 Å². The molecule has 0 amide bonds. The van der Waals surface area contributed by atoms with Crippen LogP contribution in [0.25, 0.3) is 6.08 Å². The maximum atomic E-state index is 11.8. The Morgan fingerprint density at radius 1 is 1.56 bits per heavy atom. The standard InChI is InChI=1S/C12H13N3O/c1-9-11(8-14-15(9)2)12(16)6-5-10-4-3-7-13-10/h3-8,13H,1-2H3/b6-5+. The molecule has 2 heterocycles. The normalized spacial score (nSPS) is 11.1. The first-order valence-corrected chi connectivity index (χ1v) is 5.03. The molecule has 0 unspecified atom stereocenters. The van der Waals surface area contributed by atoms with E-state index in [0.29, 0.717) is 5.56 Å². The summed E-state index contributed by atoms with van der Waals surface area (Å²) in [6.07, 6.45) is 6.72. The first kappa shape index (κ1) is 10.4. The highest BCUT2D eigenvalue weighted by Crippen LogP contribution is 2.08. The predicted molar refractivity (Wildman–Crippen MR) is 62.1 cm³/mol. The Morgan fingerprint density at radius 2 is 2.38 bits per heavy atom. The Hall–Kier alpha value is -2.10. The van der Waals surface area contributed by atoms with Crippen molar-refractivity contribution in [2.45, 2.75) is 6.92 Å². The molecule has 0 aliphatic rings. The average Bonchev–Trinajstić information content (AvgIpc) is 2.88. The van der Waals surface area contributed by atoms with Crippen LogP contribution in [0, 0.1) is 6.92 Å². The Labute approximate surface area is 93.6 Å². The van der Waals surface area contributed by atoms with E-state index in [-0.39, 0.29) is 5.78 Å². The lowest BCUT2D eigenvalue weighted by molar-refractivity contribution is 0.104. The van der Waals surface area contributed by atoms with Gasteiger partial charge in [0.2, 0.25) is 0 Å². The molecular formula is C12H13N3O. The summed E-state index contributed by atoms with van der Waals surface area (Å²) in [5.41, 5.74) is 2.43. The molecule has 0 saturated heterocycles. The van der Waals surface area contributed by atoms with Gasteiger partial charge in [0.15, 0.2) is 5.78 Å². The van der Waals surface area contributed by atoms with Crippen molar-refractivity contribution in [1.29, 1.82) is 0 Å². The van der Waals surface area contributed by atoms with E-state index >= 15 is 0 Å². The third-order valence-electron chi connectivity index (χ3n) is 2.54. The van der Waals surface area contributed by atoms with Crippen LogP contribution in [0.3, 0.4) is 0 Å². The minimum absolute atomic E-state index is 0.0276. The van der Waals surface area contributed by atoms with Gasteiger partial charge in [0.1, 0.15) is 0 Å². The molecule has 0 bridgehead atoms. The third-order valence-corrected chi connectivity index (χ3v) is 2.54. The molecule has 4 nitrogen and oxygen atoms in total. The van der Waals surface area contributed by atoms with Crippen molar-refractivity contribution in [2.75, 3.05) is 0 Å². The SMILES string of the molecule is Cc1c(C(=O)/C=C/c2ccc[nH]2)cnn1C. The molecule has 0 aliphatic heterocycles. The number of hydrogen-bond acceptors (Lipinski definition) is 2. The van der Waals surface area contributed by atoms with Crippen molar-refractivity contribution in [3.63, 3.8) is 0 Å². The number of nitrogens with zero attached hydrogens (tertiary/aromatic N) is 2. The number of aromatic amines is 1. The van der Waals surface area contributed by atoms with Crippen LogP contribution >= 0.6 is 0 Å². The van der Waals surface area contributed by atoms with E-state index in [1.54, 1.807) is 23.0 Å². The summed E-state index contributed by atoms with van der Waals surface area (Å²) >= 11 is 0. The quantitative estimate of drug-likeness (QED) is 0.628. The fourth-order valence-electron chi connectivity index (χ4n) is 1.44. The summed E-state index contributed by atoms with van der Waals surface area (Å²) in [5, 5.41) is 4.04. The van der Waals surface area contributed by atoms with Gasteiger partial charge in [0, 0.05) is 24.6 Å². The van der Waals surface area contributed by atoms with Crippen molar-refractivity contribution in [3.8, 4) is 0 Å². The lowest BCUT2D eigenvalue weighted by atomic mass is 10.1. The number of allylic oxidation sites excluding steroid dienone is 1. The number of aromatic nitrogens is 3. The number of nitrogens with one attached hydrogen (secondary N) is 1. The second-order valence-electron chi connectivity index (χ2n) is 3.59. The zero-order chi connectivity index (χ0) is 11.5. The van der Waals surface area contributed by atoms with Crippen molar-refractivity contribution in [3.05, 3.63) is 47.6 Å². The number of aryl methyl sites for hydroxylation is 1. The Kier molecular flexibility index (Phi) is 2.72. The molecular weight excluding hydrogens is 202 g/mol. The smallest absolute Gasteiger partial charge is 0.189 e. The van der Waals surface area contributed by atoms with Gasteiger partial charge in [-0.2, -0.15) is 5.10 Å². The highest BCUT2D eigenvalue weighted by molar-refractivity contribution is 6.07. The fourth-order valence-corrected chi connectivity index (χ4v) is 1.44. The predicted octanol–water partition coefficient (Wildman–Crippen LogP) is 1.95. The van der Waals surface area contributed by atoms with E-state index in [4.69, 9.17) is 0 Å². The minimum atomic E-state index is -0.0276. The van der Waals surface area contributed by atoms with Gasteiger partial charge in [-0.25, -0.2) is 0 Å². The molecule has 0 atom stereocenters. The van der Waals surface area contributed by atoms with Crippen molar-refractivity contribution in [2.24, 2.45) is 7.05 Å². The lowest BCUT2D eigenvalue weighted by Gasteiger charge is -1.95. The minimum Gasteiger partial charge on any atom is -0.362 e. The first-order chi connectivity index (χ1) is 7.68. The molecule has 0 aromatic carbocycles. The highest BCUT2D eigenvalue weighted by Gasteiger charge is 2.09. The summed E-state index contributed by atoms with van der Waals surface area (Å²) in [6.45, 7) is 1.88. The molecule has 1 N–H and O–H groups in total. The molecule has 0 radical (unpaired) electrons. The molecule has 4 heteroatoms. The van der Waals surface area contributed by atoms with E-state index in [9.17, 15) is 4.79 Å². The van der Waals surface area contributed by atoms with E-state index in [0.717, 1.165) is 11.4 Å². The number of ketones is 1. The second-order valence-corrected chi connectivity index (χ2v) is 3.59. The number of carbonyl (C=O) groups excluding carboxylic acids is 1. The molecule has 0 aliphatic carbocycles. The molecule has 82 valence electrons. The van der Waals surface area contributed by atoms with Gasteiger partial charge < -0.3 is 4.98 Å². The molecule has 2 rings (SSSR count). The summed E-state index contributed by atoms with van der Waals surface area (Å²) in [5.74, 6) is -0.0276. The van der Waals surface area contributed by atoms with Gasteiger partial charge in [0.25, 0.3) is 0 Å². The average molecular weight is 215 g/mol. The number of carbonyl (C=O) groups is 1. The van der Waals surface area contributed by atoms with Gasteiger partial charge in [-0.15, -0.1) is 0 Å². The van der Waals surface area contributed by atoms with Crippen molar-refractivity contribution >= 4 is 11.9 Å². The molecule has 2 aromatic rings. The largest absolute Gasteiger partial charge is 0.362 e. The van der Waals surface area contributed by atoms with Crippen LogP contribution in [0.1, 0.15) is 21.7 Å². The number of rotatable bonds is 3. The third kappa shape index (κ3) is 1.95. The van der Waals surface area contributed by atoms with Crippen LogP contribution in [-0.4, -0.2) is 20.5 Å². The number of hydrogen-bond donors (Lipinski definition) is 1. The van der Waals surface area contributed by atoms with E-state index in [1.165, 1.54) is 0 Å². The highest BCUT2D eigenvalue weighted by atomic mass is 16.1. The maximum absolute atomic E-state index is 11.8. The van der Waals surface area contributed by atoms with Crippen molar-refractivity contribution in [1.82, 2.24) is 14.8 Å². The van der Waals surface area contributed by atoms with E-state index < -0.39 is 0 Å². The zero-order valence-corrected chi connectivity index (χ0v) is 9.27. The van der Waals surface area contributed by atoms with Gasteiger partial charge >= 0.3 is 0 Å². The van der Waals surface area contributed by atoms with Crippen LogP contribution in [0.2, 0.25) is 0 Å². The number of H-pyrrole nitrogens is 1. The van der Waals surface area contributed by atoms with Crippen LogP contribution in [0.4, 0.5) is 0 Å². The monoisotopic (exact) mass is 215 g/mol. The second kappa shape index (κ2) is 4.18. The lowest BCUT2D eigenvalue weighted by Crippen LogP contribution is -1.98. The molecule has 0 fully saturated rings. The summed E-state index contributed by atoms with van der Waals surface area (Å²) in [6, 6.07) is 3.79. The van der Waals surface area contributed by atoms with Crippen LogP contribution in [0.5, 0.6) is 0 Å². The Balaban J connectivity index is 2.18. The molecule has 0 saturated carbocycles. The molecule has 16 heavy (non-hydrogen) atoms. The van der Waals surface area contributed by atoms with Crippen LogP contribution in [0.15, 0.2) is 30.6 Å². The fraction of sp³-hybridized carbons (Fsp3) is 0.167. The summed E-state index contributed by atoms with van der Waals surface area (Å²) in [4.78, 5) is 14.8.